The van der Waals surface area contributed by atoms with Crippen LogP contribution in [-0.4, -0.2) is 40.3 Å². The first-order chi connectivity index (χ1) is 9.22. The molecule has 5 heteroatoms. The maximum absolute atomic E-state index is 12.6. The number of Topliss-reactive ketones (excluding diaryl/α,β-unsaturated/α-hetero) is 1. The molecular weight excluding hydrogens is 254 g/mol. The lowest BCUT2D eigenvalue weighted by Crippen LogP contribution is -2.54. The van der Waals surface area contributed by atoms with Crippen LogP contribution >= 0.6 is 0 Å². The third kappa shape index (κ3) is 2.63. The Labute approximate surface area is 119 Å². The number of likely N-dealkylation sites (tertiary alicyclic amines) is 1. The Balaban J connectivity index is 2.22. The van der Waals surface area contributed by atoms with Gasteiger partial charge >= 0.3 is 0 Å². The summed E-state index contributed by atoms with van der Waals surface area (Å²) in [5.74, 6) is -0.0550. The van der Waals surface area contributed by atoms with E-state index < -0.39 is 0 Å². The molecule has 0 spiro atoms. The molecular formula is C15H23N3O2. The second-order valence-corrected chi connectivity index (χ2v) is 6.39. The topological polar surface area (TPSA) is 68.3 Å². The molecule has 0 aliphatic carbocycles. The molecule has 0 bridgehead atoms. The van der Waals surface area contributed by atoms with Crippen LogP contribution in [-0.2, 0) is 7.05 Å². The van der Waals surface area contributed by atoms with Crippen LogP contribution in [0.15, 0.2) is 12.3 Å². The summed E-state index contributed by atoms with van der Waals surface area (Å²) in [7, 11) is 1.79. The zero-order valence-electron chi connectivity index (χ0n) is 12.6. The molecule has 1 unspecified atom stereocenters. The molecule has 2 rings (SSSR count). The van der Waals surface area contributed by atoms with E-state index in [1.165, 1.54) is 6.92 Å². The van der Waals surface area contributed by atoms with Gasteiger partial charge in [-0.3, -0.25) is 9.59 Å². The molecule has 1 aromatic rings. The van der Waals surface area contributed by atoms with Crippen molar-refractivity contribution in [3.8, 4) is 0 Å². The van der Waals surface area contributed by atoms with E-state index in [4.69, 9.17) is 5.73 Å². The Morgan fingerprint density at radius 1 is 1.40 bits per heavy atom. The Hall–Kier alpha value is -1.62. The number of rotatable bonds is 2. The molecule has 0 radical (unpaired) electrons. The first-order valence-corrected chi connectivity index (χ1v) is 6.94. The number of carbonyl (C=O) groups excluding carboxylic acids is 2. The number of hydrogen-bond donors (Lipinski definition) is 1. The van der Waals surface area contributed by atoms with Gasteiger partial charge in [-0.2, -0.15) is 0 Å². The highest BCUT2D eigenvalue weighted by atomic mass is 16.2. The first kappa shape index (κ1) is 14.8. The highest BCUT2D eigenvalue weighted by Crippen LogP contribution is 2.28. The molecule has 1 amide bonds. The molecule has 1 aliphatic heterocycles. The van der Waals surface area contributed by atoms with Gasteiger partial charge in [0.1, 0.15) is 5.69 Å². The molecule has 2 heterocycles. The van der Waals surface area contributed by atoms with Crippen LogP contribution in [0, 0.1) is 5.41 Å². The molecule has 110 valence electrons. The van der Waals surface area contributed by atoms with Crippen molar-refractivity contribution in [3.63, 3.8) is 0 Å². The number of amides is 1. The number of aromatic nitrogens is 1. The Morgan fingerprint density at radius 3 is 2.55 bits per heavy atom. The predicted octanol–water partition coefficient (Wildman–Crippen LogP) is 1.43. The lowest BCUT2D eigenvalue weighted by molar-refractivity contribution is 0.0524. The third-order valence-corrected chi connectivity index (χ3v) is 4.23. The molecule has 1 saturated heterocycles. The second kappa shape index (κ2) is 5.05. The third-order valence-electron chi connectivity index (χ3n) is 4.23. The van der Waals surface area contributed by atoms with E-state index in [9.17, 15) is 9.59 Å². The number of aryl methyl sites for hydroxylation is 1. The number of piperidine rings is 1. The summed E-state index contributed by atoms with van der Waals surface area (Å²) in [6.07, 6.45) is 2.51. The van der Waals surface area contributed by atoms with Crippen molar-refractivity contribution in [3.05, 3.63) is 23.5 Å². The first-order valence-electron chi connectivity index (χ1n) is 6.94. The number of ketones is 1. The average molecular weight is 277 g/mol. The van der Waals surface area contributed by atoms with Crippen LogP contribution in [0.1, 0.15) is 48.0 Å². The van der Waals surface area contributed by atoms with Gasteiger partial charge < -0.3 is 15.2 Å². The summed E-state index contributed by atoms with van der Waals surface area (Å²) in [5, 5.41) is 0. The Bertz CT molecular complexity index is 545. The molecule has 1 fully saturated rings. The van der Waals surface area contributed by atoms with Crippen molar-refractivity contribution >= 4 is 11.7 Å². The van der Waals surface area contributed by atoms with Gasteiger partial charge in [-0.15, -0.1) is 0 Å². The van der Waals surface area contributed by atoms with Crippen molar-refractivity contribution < 1.29 is 9.59 Å². The highest BCUT2D eigenvalue weighted by molar-refractivity contribution is 5.99. The molecule has 1 aliphatic rings. The van der Waals surface area contributed by atoms with Crippen molar-refractivity contribution in [1.82, 2.24) is 9.47 Å². The monoisotopic (exact) mass is 277 g/mol. The van der Waals surface area contributed by atoms with Gasteiger partial charge in [0.05, 0.1) is 0 Å². The van der Waals surface area contributed by atoms with Gasteiger partial charge in [0.15, 0.2) is 5.78 Å². The van der Waals surface area contributed by atoms with E-state index in [-0.39, 0.29) is 23.1 Å². The molecule has 2 N–H and O–H groups in total. The Kier molecular flexibility index (Phi) is 3.73. The van der Waals surface area contributed by atoms with Gasteiger partial charge in [-0.25, -0.2) is 0 Å². The van der Waals surface area contributed by atoms with Crippen LogP contribution in [0.25, 0.3) is 0 Å². The maximum Gasteiger partial charge on any atom is 0.270 e. The number of nitrogens with two attached hydrogens (primary N) is 1. The van der Waals surface area contributed by atoms with Crippen LogP contribution in [0.2, 0.25) is 0 Å². The van der Waals surface area contributed by atoms with Gasteiger partial charge in [0, 0.05) is 37.9 Å². The number of carbonyl (C=O) groups is 2. The summed E-state index contributed by atoms with van der Waals surface area (Å²) in [6, 6.07) is 1.79. The normalized spacial score (nSPS) is 21.9. The maximum atomic E-state index is 12.6. The predicted molar refractivity (Wildman–Crippen MR) is 77.7 cm³/mol. The average Bonchev–Trinajstić information content (AvgIpc) is 2.74. The quantitative estimate of drug-likeness (QED) is 0.831. The van der Waals surface area contributed by atoms with Crippen LogP contribution < -0.4 is 5.73 Å². The largest absolute Gasteiger partial charge is 0.346 e. The summed E-state index contributed by atoms with van der Waals surface area (Å²) in [4.78, 5) is 25.8. The van der Waals surface area contributed by atoms with Crippen molar-refractivity contribution in [2.24, 2.45) is 18.2 Å². The fraction of sp³-hybridized carbons (Fsp3) is 0.600. The van der Waals surface area contributed by atoms with Gasteiger partial charge in [-0.05, 0) is 24.8 Å². The molecule has 0 aromatic carbocycles. The minimum atomic E-state index is -0.0809. The van der Waals surface area contributed by atoms with E-state index in [0.717, 1.165) is 6.42 Å². The van der Waals surface area contributed by atoms with Crippen LogP contribution in [0.5, 0.6) is 0 Å². The number of nitrogens with zero attached hydrogens (tertiary/aromatic N) is 2. The van der Waals surface area contributed by atoms with Crippen molar-refractivity contribution in [2.45, 2.75) is 33.2 Å². The summed E-state index contributed by atoms with van der Waals surface area (Å²) in [5.41, 5.74) is 7.15. The fourth-order valence-corrected chi connectivity index (χ4v) is 2.68. The molecule has 20 heavy (non-hydrogen) atoms. The van der Waals surface area contributed by atoms with Gasteiger partial charge in [0.25, 0.3) is 5.91 Å². The molecule has 5 nitrogen and oxygen atoms in total. The van der Waals surface area contributed by atoms with Gasteiger partial charge in [-0.1, -0.05) is 13.8 Å². The number of hydrogen-bond acceptors (Lipinski definition) is 3. The lowest BCUT2D eigenvalue weighted by Gasteiger charge is -2.42. The van der Waals surface area contributed by atoms with E-state index >= 15 is 0 Å². The SMILES string of the molecule is CC(=O)c1cc(C(=O)N2CCC(N)C(C)(C)C2)n(C)c1. The van der Waals surface area contributed by atoms with Crippen molar-refractivity contribution in [1.29, 1.82) is 0 Å². The Morgan fingerprint density at radius 2 is 2.05 bits per heavy atom. The minimum absolute atomic E-state index is 0.0272. The summed E-state index contributed by atoms with van der Waals surface area (Å²) in [6.45, 7) is 7.00. The van der Waals surface area contributed by atoms with Crippen molar-refractivity contribution in [2.75, 3.05) is 13.1 Å². The van der Waals surface area contributed by atoms with E-state index in [1.54, 1.807) is 23.9 Å². The van der Waals surface area contributed by atoms with Crippen LogP contribution in [0.3, 0.4) is 0 Å². The second-order valence-electron chi connectivity index (χ2n) is 6.39. The zero-order valence-corrected chi connectivity index (χ0v) is 12.6. The fourth-order valence-electron chi connectivity index (χ4n) is 2.68. The van der Waals surface area contributed by atoms with Crippen LogP contribution in [0.4, 0.5) is 0 Å². The zero-order chi connectivity index (χ0) is 15.1. The van der Waals surface area contributed by atoms with E-state index in [1.807, 2.05) is 4.90 Å². The lowest BCUT2D eigenvalue weighted by atomic mass is 9.79. The summed E-state index contributed by atoms with van der Waals surface area (Å²) < 4.78 is 1.72. The molecule has 1 atom stereocenters. The molecule has 1 aromatic heterocycles. The van der Waals surface area contributed by atoms with Gasteiger partial charge in [0.2, 0.25) is 0 Å². The van der Waals surface area contributed by atoms with E-state index in [2.05, 4.69) is 13.8 Å². The smallest absolute Gasteiger partial charge is 0.270 e. The minimum Gasteiger partial charge on any atom is -0.346 e. The molecule has 0 saturated carbocycles. The summed E-state index contributed by atoms with van der Waals surface area (Å²) >= 11 is 0. The highest BCUT2D eigenvalue weighted by Gasteiger charge is 2.36. The standard InChI is InChI=1S/C15H23N3O2/c1-10(19)11-7-12(17(4)8-11)14(20)18-6-5-13(16)15(2,3)9-18/h7-8,13H,5-6,9,16H2,1-4H3. The van der Waals surface area contributed by atoms with E-state index in [0.29, 0.717) is 24.3 Å².